The lowest BCUT2D eigenvalue weighted by molar-refractivity contribution is 0.408. The highest BCUT2D eigenvalue weighted by Crippen LogP contribution is 2.10. The molecular formula is C14H24N2O4S2. The molecule has 0 bridgehead atoms. The van der Waals surface area contributed by atoms with Crippen LogP contribution in [0.15, 0.2) is 29.2 Å². The minimum atomic E-state index is -3.62. The second-order valence-electron chi connectivity index (χ2n) is 5.23. The summed E-state index contributed by atoms with van der Waals surface area (Å²) in [7, 11) is -6.94. The molecule has 1 rings (SSSR count). The standard InChI is InChI=1S/C14H24N2O4S2/c1-4-5-10-16(21(3,17)18)11-9-15-22(19,20)14-8-6-7-13(2)12-14/h6-8,12,15H,4-5,9-11H2,1-3H3. The minimum Gasteiger partial charge on any atom is -0.213 e. The number of hydrogen-bond acceptors (Lipinski definition) is 4. The summed E-state index contributed by atoms with van der Waals surface area (Å²) in [4.78, 5) is 0.187. The van der Waals surface area contributed by atoms with Gasteiger partial charge in [-0.15, -0.1) is 0 Å². The second kappa shape index (κ2) is 8.05. The maximum absolute atomic E-state index is 12.2. The summed E-state index contributed by atoms with van der Waals surface area (Å²) in [5.41, 5.74) is 0.851. The van der Waals surface area contributed by atoms with Gasteiger partial charge in [0, 0.05) is 19.6 Å². The predicted octanol–water partition coefficient (Wildman–Crippen LogP) is 1.34. The first-order valence-electron chi connectivity index (χ1n) is 7.18. The van der Waals surface area contributed by atoms with E-state index in [-0.39, 0.29) is 18.0 Å². The molecule has 0 spiro atoms. The van der Waals surface area contributed by atoms with E-state index in [9.17, 15) is 16.8 Å². The van der Waals surface area contributed by atoms with Gasteiger partial charge in [-0.2, -0.15) is 0 Å². The van der Waals surface area contributed by atoms with Gasteiger partial charge in [0.15, 0.2) is 0 Å². The van der Waals surface area contributed by atoms with Crippen molar-refractivity contribution in [3.05, 3.63) is 29.8 Å². The fourth-order valence-electron chi connectivity index (χ4n) is 1.95. The van der Waals surface area contributed by atoms with Crippen LogP contribution in [0.4, 0.5) is 0 Å². The summed E-state index contributed by atoms with van der Waals surface area (Å²) >= 11 is 0. The highest BCUT2D eigenvalue weighted by atomic mass is 32.2. The number of rotatable bonds is 9. The van der Waals surface area contributed by atoms with Crippen molar-refractivity contribution in [2.45, 2.75) is 31.6 Å². The monoisotopic (exact) mass is 348 g/mol. The second-order valence-corrected chi connectivity index (χ2v) is 8.98. The molecule has 0 saturated heterocycles. The van der Waals surface area contributed by atoms with E-state index < -0.39 is 20.0 Å². The molecule has 0 heterocycles. The lowest BCUT2D eigenvalue weighted by Gasteiger charge is -2.19. The Morgan fingerprint density at radius 1 is 1.14 bits per heavy atom. The Morgan fingerprint density at radius 3 is 2.36 bits per heavy atom. The molecule has 0 amide bonds. The van der Waals surface area contributed by atoms with Crippen molar-refractivity contribution < 1.29 is 16.8 Å². The van der Waals surface area contributed by atoms with Gasteiger partial charge in [-0.25, -0.2) is 25.9 Å². The molecule has 126 valence electrons. The van der Waals surface area contributed by atoms with Gasteiger partial charge >= 0.3 is 0 Å². The van der Waals surface area contributed by atoms with Crippen LogP contribution in [0.2, 0.25) is 0 Å². The van der Waals surface area contributed by atoms with Gasteiger partial charge in [0.1, 0.15) is 0 Å². The minimum absolute atomic E-state index is 0.0487. The predicted molar refractivity (Wildman–Crippen MR) is 87.7 cm³/mol. The average molecular weight is 348 g/mol. The van der Waals surface area contributed by atoms with Gasteiger partial charge in [0.05, 0.1) is 11.2 Å². The third-order valence-corrected chi connectivity index (χ3v) is 5.95. The molecule has 0 aliphatic heterocycles. The molecule has 0 saturated carbocycles. The van der Waals surface area contributed by atoms with Crippen LogP contribution in [0.5, 0.6) is 0 Å². The third-order valence-electron chi connectivity index (χ3n) is 3.18. The van der Waals surface area contributed by atoms with Crippen molar-refractivity contribution >= 4 is 20.0 Å². The highest BCUT2D eigenvalue weighted by Gasteiger charge is 2.18. The van der Waals surface area contributed by atoms with Crippen molar-refractivity contribution in [3.63, 3.8) is 0 Å². The molecule has 0 radical (unpaired) electrons. The quantitative estimate of drug-likeness (QED) is 0.730. The van der Waals surface area contributed by atoms with Crippen LogP contribution >= 0.6 is 0 Å². The van der Waals surface area contributed by atoms with Gasteiger partial charge in [-0.05, 0) is 31.0 Å². The van der Waals surface area contributed by atoms with E-state index in [1.807, 2.05) is 19.9 Å². The van der Waals surface area contributed by atoms with Gasteiger partial charge in [-0.1, -0.05) is 25.5 Å². The van der Waals surface area contributed by atoms with E-state index in [1.54, 1.807) is 12.1 Å². The summed E-state index contributed by atoms with van der Waals surface area (Å²) < 4.78 is 51.4. The van der Waals surface area contributed by atoms with E-state index in [0.717, 1.165) is 24.7 Å². The molecule has 0 fully saturated rings. The van der Waals surface area contributed by atoms with Crippen LogP contribution in [0.25, 0.3) is 0 Å². The van der Waals surface area contributed by atoms with Crippen molar-refractivity contribution in [1.29, 1.82) is 0 Å². The Kier molecular flexibility index (Phi) is 6.98. The van der Waals surface area contributed by atoms with Crippen LogP contribution in [0, 0.1) is 6.92 Å². The maximum Gasteiger partial charge on any atom is 0.240 e. The largest absolute Gasteiger partial charge is 0.240 e. The summed E-state index contributed by atoms with van der Waals surface area (Å²) in [5, 5.41) is 0. The number of nitrogens with one attached hydrogen (secondary N) is 1. The molecule has 22 heavy (non-hydrogen) atoms. The smallest absolute Gasteiger partial charge is 0.213 e. The molecule has 0 unspecified atom stereocenters. The molecule has 0 aliphatic carbocycles. The Bertz CT molecular complexity index is 685. The van der Waals surface area contributed by atoms with Gasteiger partial charge in [-0.3, -0.25) is 0 Å². The van der Waals surface area contributed by atoms with E-state index in [0.29, 0.717) is 6.54 Å². The van der Waals surface area contributed by atoms with E-state index in [2.05, 4.69) is 4.72 Å². The molecule has 0 aliphatic rings. The number of unbranched alkanes of at least 4 members (excludes halogenated alkanes) is 1. The number of nitrogens with zero attached hydrogens (tertiary/aromatic N) is 1. The number of benzene rings is 1. The summed E-state index contributed by atoms with van der Waals surface area (Å²) in [5.74, 6) is 0. The molecule has 1 aromatic rings. The molecule has 8 heteroatoms. The Morgan fingerprint density at radius 2 is 1.82 bits per heavy atom. The number of hydrogen-bond donors (Lipinski definition) is 1. The zero-order chi connectivity index (χ0) is 16.8. The molecule has 6 nitrogen and oxygen atoms in total. The lowest BCUT2D eigenvalue weighted by atomic mass is 10.2. The molecule has 1 aromatic carbocycles. The molecular weight excluding hydrogens is 324 g/mol. The zero-order valence-corrected chi connectivity index (χ0v) is 14.9. The average Bonchev–Trinajstić information content (AvgIpc) is 2.41. The topological polar surface area (TPSA) is 83.6 Å². The Labute approximate surface area is 133 Å². The summed E-state index contributed by atoms with van der Waals surface area (Å²) in [6, 6.07) is 6.58. The maximum atomic E-state index is 12.2. The fourth-order valence-corrected chi connectivity index (χ4v) is 3.96. The summed E-state index contributed by atoms with van der Waals surface area (Å²) in [6.07, 6.45) is 2.76. The normalized spacial score (nSPS) is 12.7. The van der Waals surface area contributed by atoms with Crippen molar-refractivity contribution in [3.8, 4) is 0 Å². The number of sulfonamides is 2. The molecule has 1 N–H and O–H groups in total. The van der Waals surface area contributed by atoms with Crippen LogP contribution in [-0.4, -0.2) is 47.0 Å². The van der Waals surface area contributed by atoms with Gasteiger partial charge in [0.2, 0.25) is 20.0 Å². The van der Waals surface area contributed by atoms with Crippen molar-refractivity contribution in [1.82, 2.24) is 9.03 Å². The zero-order valence-electron chi connectivity index (χ0n) is 13.2. The van der Waals surface area contributed by atoms with Crippen LogP contribution < -0.4 is 4.72 Å². The first kappa shape index (κ1) is 19.1. The van der Waals surface area contributed by atoms with Crippen LogP contribution in [-0.2, 0) is 20.0 Å². The SMILES string of the molecule is CCCCN(CCNS(=O)(=O)c1cccc(C)c1)S(C)(=O)=O. The number of aryl methyl sites for hydroxylation is 1. The van der Waals surface area contributed by atoms with E-state index >= 15 is 0 Å². The van der Waals surface area contributed by atoms with Crippen LogP contribution in [0.1, 0.15) is 25.3 Å². The first-order valence-corrected chi connectivity index (χ1v) is 10.5. The third kappa shape index (κ3) is 6.04. The van der Waals surface area contributed by atoms with Crippen molar-refractivity contribution in [2.24, 2.45) is 0 Å². The summed E-state index contributed by atoms with van der Waals surface area (Å²) in [6.45, 7) is 4.37. The Balaban J connectivity index is 2.68. The van der Waals surface area contributed by atoms with Crippen LogP contribution in [0.3, 0.4) is 0 Å². The van der Waals surface area contributed by atoms with Gasteiger partial charge < -0.3 is 0 Å². The van der Waals surface area contributed by atoms with Gasteiger partial charge in [0.25, 0.3) is 0 Å². The molecule has 0 atom stereocenters. The molecule has 0 aromatic heterocycles. The highest BCUT2D eigenvalue weighted by molar-refractivity contribution is 7.89. The van der Waals surface area contributed by atoms with E-state index in [4.69, 9.17) is 0 Å². The first-order chi connectivity index (χ1) is 10.2. The fraction of sp³-hybridized carbons (Fsp3) is 0.571. The van der Waals surface area contributed by atoms with Crippen molar-refractivity contribution in [2.75, 3.05) is 25.9 Å². The Hall–Kier alpha value is -0.960. The van der Waals surface area contributed by atoms with E-state index in [1.165, 1.54) is 10.4 Å². The lowest BCUT2D eigenvalue weighted by Crippen LogP contribution is -2.38.